The minimum atomic E-state index is -1.00. The van der Waals surface area contributed by atoms with Crippen molar-refractivity contribution in [3.8, 4) is 0 Å². The highest BCUT2D eigenvalue weighted by atomic mass is 79.9. The van der Waals surface area contributed by atoms with Crippen LogP contribution in [0.1, 0.15) is 25.8 Å². The van der Waals surface area contributed by atoms with Gasteiger partial charge in [-0.25, -0.2) is 0 Å². The van der Waals surface area contributed by atoms with Gasteiger partial charge in [-0.15, -0.1) is 0 Å². The molecule has 3 atom stereocenters. The van der Waals surface area contributed by atoms with Crippen LogP contribution in [0.4, 0.5) is 0 Å². The van der Waals surface area contributed by atoms with Crippen molar-refractivity contribution in [1.82, 2.24) is 4.90 Å². The van der Waals surface area contributed by atoms with Crippen molar-refractivity contribution in [2.75, 3.05) is 13.1 Å². The Morgan fingerprint density at radius 2 is 2.05 bits per heavy atom. The number of carbonyl (C=O) groups is 1. The Morgan fingerprint density at radius 1 is 1.45 bits per heavy atom. The van der Waals surface area contributed by atoms with Crippen LogP contribution in [0.2, 0.25) is 0 Å². The lowest BCUT2D eigenvalue weighted by molar-refractivity contribution is -0.137. The van der Waals surface area contributed by atoms with Crippen molar-refractivity contribution in [1.29, 1.82) is 0 Å². The molecule has 4 N–H and O–H groups in total. The molecule has 110 valence electrons. The molecular weight excluding hydrogens is 318 g/mol. The summed E-state index contributed by atoms with van der Waals surface area (Å²) in [7, 11) is 0. The van der Waals surface area contributed by atoms with Gasteiger partial charge in [0.05, 0.1) is 0 Å². The summed E-state index contributed by atoms with van der Waals surface area (Å²) in [5.74, 6) is 0.359. The number of nitrogens with two attached hydrogens (primary N) is 2. The summed E-state index contributed by atoms with van der Waals surface area (Å²) in [4.78, 5) is 14.6. The van der Waals surface area contributed by atoms with E-state index in [2.05, 4.69) is 22.9 Å². The minimum Gasteiger partial charge on any atom is -0.338 e. The topological polar surface area (TPSA) is 72.3 Å². The Morgan fingerprint density at radius 3 is 2.55 bits per heavy atom. The fourth-order valence-electron chi connectivity index (χ4n) is 2.81. The third-order valence-corrected chi connectivity index (χ3v) is 4.67. The molecule has 1 aliphatic rings. The van der Waals surface area contributed by atoms with Crippen LogP contribution in [0.3, 0.4) is 0 Å². The van der Waals surface area contributed by atoms with Gasteiger partial charge in [0, 0.05) is 17.1 Å². The summed E-state index contributed by atoms with van der Waals surface area (Å²) >= 11 is 3.39. The Bertz CT molecular complexity index is 486. The molecule has 1 fully saturated rings. The van der Waals surface area contributed by atoms with E-state index in [0.29, 0.717) is 19.0 Å². The molecule has 1 aromatic carbocycles. The second kappa shape index (κ2) is 5.84. The molecule has 20 heavy (non-hydrogen) atoms. The van der Waals surface area contributed by atoms with Crippen molar-refractivity contribution < 1.29 is 4.79 Å². The smallest absolute Gasteiger partial charge is 0.247 e. The number of likely N-dealkylation sites (tertiary alicyclic amines) is 1. The van der Waals surface area contributed by atoms with E-state index in [-0.39, 0.29) is 11.9 Å². The van der Waals surface area contributed by atoms with E-state index in [0.717, 1.165) is 16.5 Å². The number of rotatable bonds is 3. The van der Waals surface area contributed by atoms with Gasteiger partial charge in [-0.2, -0.15) is 0 Å². The first-order valence-electron chi connectivity index (χ1n) is 6.92. The predicted molar refractivity (Wildman–Crippen MR) is 84.0 cm³/mol. The molecule has 4 nitrogen and oxygen atoms in total. The Balaban J connectivity index is 2.21. The van der Waals surface area contributed by atoms with Gasteiger partial charge in [0.15, 0.2) is 0 Å². The fourth-order valence-corrected chi connectivity index (χ4v) is 3.08. The quantitative estimate of drug-likeness (QED) is 0.882. The van der Waals surface area contributed by atoms with Crippen LogP contribution in [0.25, 0.3) is 0 Å². The normalized spacial score (nSPS) is 25.6. The summed E-state index contributed by atoms with van der Waals surface area (Å²) in [6, 6.07) is 7.80. The molecule has 0 bridgehead atoms. The molecule has 3 unspecified atom stereocenters. The third kappa shape index (κ3) is 2.90. The van der Waals surface area contributed by atoms with Crippen molar-refractivity contribution in [3.05, 3.63) is 34.3 Å². The van der Waals surface area contributed by atoms with E-state index in [1.54, 1.807) is 6.92 Å². The highest BCUT2D eigenvalue weighted by molar-refractivity contribution is 9.10. The highest BCUT2D eigenvalue weighted by Gasteiger charge is 2.40. The van der Waals surface area contributed by atoms with Gasteiger partial charge in [-0.3, -0.25) is 4.79 Å². The number of nitrogens with zero attached hydrogens (tertiary/aromatic N) is 1. The highest BCUT2D eigenvalue weighted by Crippen LogP contribution is 2.29. The molecule has 0 spiro atoms. The van der Waals surface area contributed by atoms with Gasteiger partial charge < -0.3 is 16.4 Å². The number of hydrogen-bond acceptors (Lipinski definition) is 3. The molecule has 2 rings (SSSR count). The molecule has 1 saturated heterocycles. The van der Waals surface area contributed by atoms with Crippen molar-refractivity contribution in [3.63, 3.8) is 0 Å². The zero-order valence-corrected chi connectivity index (χ0v) is 13.6. The zero-order valence-electron chi connectivity index (χ0n) is 12.0. The fraction of sp³-hybridized carbons (Fsp3) is 0.533. The largest absolute Gasteiger partial charge is 0.338 e. The Kier molecular flexibility index (Phi) is 4.52. The average molecular weight is 340 g/mol. The molecular formula is C15H22BrN3O. The number of amides is 1. The van der Waals surface area contributed by atoms with Crippen LogP contribution >= 0.6 is 15.9 Å². The maximum atomic E-state index is 12.8. The third-order valence-electron chi connectivity index (χ3n) is 4.14. The Hall–Kier alpha value is -0.910. The van der Waals surface area contributed by atoms with E-state index >= 15 is 0 Å². The van der Waals surface area contributed by atoms with Gasteiger partial charge in [-0.1, -0.05) is 28.1 Å². The monoisotopic (exact) mass is 339 g/mol. The summed E-state index contributed by atoms with van der Waals surface area (Å²) in [5, 5.41) is 0. The second-order valence-corrected chi connectivity index (χ2v) is 6.77. The van der Waals surface area contributed by atoms with Crippen molar-refractivity contribution in [2.45, 2.75) is 31.8 Å². The standard InChI is InChI=1S/C15H22BrN3O/c1-10-7-11(8-17)9-19(10)14(20)15(2,18)12-3-5-13(16)6-4-12/h3-6,10-11H,7-9,17-18H2,1-2H3. The van der Waals surface area contributed by atoms with E-state index in [9.17, 15) is 4.79 Å². The maximum absolute atomic E-state index is 12.8. The van der Waals surface area contributed by atoms with E-state index < -0.39 is 5.54 Å². The second-order valence-electron chi connectivity index (χ2n) is 5.85. The van der Waals surface area contributed by atoms with Crippen LogP contribution < -0.4 is 11.5 Å². The van der Waals surface area contributed by atoms with Crippen molar-refractivity contribution in [2.24, 2.45) is 17.4 Å². The van der Waals surface area contributed by atoms with Crippen LogP contribution in [-0.2, 0) is 10.3 Å². The lowest BCUT2D eigenvalue weighted by Crippen LogP contribution is -2.52. The molecule has 1 aromatic rings. The molecule has 1 aliphatic heterocycles. The van der Waals surface area contributed by atoms with Gasteiger partial charge in [0.2, 0.25) is 5.91 Å². The number of halogens is 1. The van der Waals surface area contributed by atoms with Crippen LogP contribution in [0.5, 0.6) is 0 Å². The molecule has 0 aliphatic carbocycles. The molecule has 0 radical (unpaired) electrons. The van der Waals surface area contributed by atoms with E-state index in [1.807, 2.05) is 29.2 Å². The first kappa shape index (κ1) is 15.5. The van der Waals surface area contributed by atoms with E-state index in [4.69, 9.17) is 11.5 Å². The minimum absolute atomic E-state index is 0.0247. The van der Waals surface area contributed by atoms with Crippen molar-refractivity contribution >= 4 is 21.8 Å². The Labute approximate surface area is 128 Å². The van der Waals surface area contributed by atoms with Crippen LogP contribution in [0, 0.1) is 5.92 Å². The van der Waals surface area contributed by atoms with Crippen LogP contribution in [0.15, 0.2) is 28.7 Å². The summed E-state index contributed by atoms with van der Waals surface area (Å²) in [6.45, 7) is 5.17. The van der Waals surface area contributed by atoms with Crippen LogP contribution in [-0.4, -0.2) is 29.9 Å². The number of hydrogen-bond donors (Lipinski definition) is 2. The van der Waals surface area contributed by atoms with Gasteiger partial charge >= 0.3 is 0 Å². The SMILES string of the molecule is CC1CC(CN)CN1C(=O)C(C)(N)c1ccc(Br)cc1. The predicted octanol–water partition coefficient (Wildman–Crippen LogP) is 1.82. The first-order valence-corrected chi connectivity index (χ1v) is 7.71. The maximum Gasteiger partial charge on any atom is 0.247 e. The number of benzene rings is 1. The molecule has 0 aromatic heterocycles. The zero-order chi connectivity index (χ0) is 14.9. The summed E-state index contributed by atoms with van der Waals surface area (Å²) in [5.41, 5.74) is 11.9. The summed E-state index contributed by atoms with van der Waals surface area (Å²) < 4.78 is 0.974. The molecule has 5 heteroatoms. The lowest BCUT2D eigenvalue weighted by Gasteiger charge is -2.32. The lowest BCUT2D eigenvalue weighted by atomic mass is 9.91. The molecule has 1 heterocycles. The molecule has 1 amide bonds. The number of carbonyl (C=O) groups excluding carboxylic acids is 1. The van der Waals surface area contributed by atoms with E-state index in [1.165, 1.54) is 0 Å². The average Bonchev–Trinajstić information content (AvgIpc) is 2.79. The molecule has 0 saturated carbocycles. The summed E-state index contributed by atoms with van der Waals surface area (Å²) in [6.07, 6.45) is 0.957. The van der Waals surface area contributed by atoms with Gasteiger partial charge in [0.1, 0.15) is 5.54 Å². The first-order chi connectivity index (χ1) is 9.36. The van der Waals surface area contributed by atoms with Gasteiger partial charge in [-0.05, 0) is 50.4 Å². The van der Waals surface area contributed by atoms with Gasteiger partial charge in [0.25, 0.3) is 0 Å².